The third-order valence-corrected chi connectivity index (χ3v) is 5.00. The van der Waals surface area contributed by atoms with E-state index >= 15 is 0 Å². The Morgan fingerprint density at radius 1 is 1.22 bits per heavy atom. The Kier molecular flexibility index (Phi) is 4.65. The van der Waals surface area contributed by atoms with Gasteiger partial charge in [0, 0.05) is 17.3 Å². The number of thioether (sulfide) groups is 1. The van der Waals surface area contributed by atoms with E-state index in [0.29, 0.717) is 22.2 Å². The number of rotatable bonds is 4. The second-order valence-corrected chi connectivity index (χ2v) is 6.62. The maximum Gasteiger partial charge on any atom is 0.142 e. The first-order valence-electron chi connectivity index (χ1n) is 6.91. The zero-order chi connectivity index (χ0) is 16.2. The van der Waals surface area contributed by atoms with Crippen molar-refractivity contribution in [2.45, 2.75) is 24.6 Å². The third-order valence-electron chi connectivity index (χ3n) is 3.07. The molecule has 3 aromatic rings. The van der Waals surface area contributed by atoms with Gasteiger partial charge in [-0.05, 0) is 26.0 Å². The van der Waals surface area contributed by atoms with Crippen molar-refractivity contribution in [3.8, 4) is 16.8 Å². The van der Waals surface area contributed by atoms with E-state index in [2.05, 4.69) is 26.0 Å². The van der Waals surface area contributed by atoms with E-state index < -0.39 is 0 Å². The molecule has 0 aliphatic rings. The van der Waals surface area contributed by atoms with E-state index in [1.54, 1.807) is 17.5 Å². The fraction of sp³-hybridized carbons (Fsp3) is 0.188. The molecule has 0 radical (unpaired) electrons. The molecule has 0 unspecified atom stereocenters. The van der Waals surface area contributed by atoms with Crippen molar-refractivity contribution in [2.75, 3.05) is 0 Å². The number of aromatic nitrogens is 4. The van der Waals surface area contributed by atoms with Crippen molar-refractivity contribution in [2.24, 2.45) is 0 Å². The van der Waals surface area contributed by atoms with Crippen LogP contribution in [0.5, 0.6) is 0 Å². The minimum Gasteiger partial charge on any atom is -0.254 e. The first-order chi connectivity index (χ1) is 11.2. The zero-order valence-electron chi connectivity index (χ0n) is 12.6. The predicted octanol–water partition coefficient (Wildman–Crippen LogP) is 3.78. The molecule has 5 nitrogen and oxygen atoms in total. The molecule has 0 spiro atoms. The fourth-order valence-electron chi connectivity index (χ4n) is 2.04. The van der Waals surface area contributed by atoms with Gasteiger partial charge in [0.25, 0.3) is 0 Å². The summed E-state index contributed by atoms with van der Waals surface area (Å²) in [4.78, 5) is 17.5. The highest BCUT2D eigenvalue weighted by atomic mass is 32.2. The van der Waals surface area contributed by atoms with Crippen LogP contribution in [-0.4, -0.2) is 19.9 Å². The average molecular weight is 339 g/mol. The molecule has 0 amide bonds. The molecule has 114 valence electrons. The first-order valence-corrected chi connectivity index (χ1v) is 8.78. The van der Waals surface area contributed by atoms with Gasteiger partial charge in [-0.3, -0.25) is 4.98 Å². The highest BCUT2D eigenvalue weighted by Gasteiger charge is 2.12. The van der Waals surface area contributed by atoms with E-state index in [9.17, 15) is 5.26 Å². The van der Waals surface area contributed by atoms with Gasteiger partial charge < -0.3 is 0 Å². The lowest BCUT2D eigenvalue weighted by atomic mass is 10.3. The SMILES string of the molecule is Cc1nc(C)c(C#N)c(SCc2csc(-c3ccccn3)n2)n1. The van der Waals surface area contributed by atoms with Crippen LogP contribution in [-0.2, 0) is 5.75 Å². The van der Waals surface area contributed by atoms with Gasteiger partial charge in [-0.15, -0.1) is 11.3 Å². The van der Waals surface area contributed by atoms with E-state index in [1.807, 2.05) is 37.4 Å². The molecule has 7 heteroatoms. The van der Waals surface area contributed by atoms with Crippen LogP contribution in [0.1, 0.15) is 22.8 Å². The standard InChI is InChI=1S/C16H13N5S2/c1-10-13(7-17)15(20-11(2)19-10)22-8-12-9-23-16(21-12)14-5-3-4-6-18-14/h3-6,9H,8H2,1-2H3. The highest BCUT2D eigenvalue weighted by molar-refractivity contribution is 7.98. The molecular weight excluding hydrogens is 326 g/mol. The number of aryl methyl sites for hydroxylation is 2. The molecule has 0 aromatic carbocycles. The number of pyridine rings is 1. The van der Waals surface area contributed by atoms with Gasteiger partial charge in [0.1, 0.15) is 27.5 Å². The fourth-order valence-corrected chi connectivity index (χ4v) is 3.90. The van der Waals surface area contributed by atoms with Gasteiger partial charge in [-0.2, -0.15) is 5.26 Å². The first kappa shape index (κ1) is 15.6. The molecule has 23 heavy (non-hydrogen) atoms. The monoisotopic (exact) mass is 339 g/mol. The van der Waals surface area contributed by atoms with Gasteiger partial charge in [0.15, 0.2) is 0 Å². The van der Waals surface area contributed by atoms with E-state index in [0.717, 1.165) is 22.1 Å². The number of thiazole rings is 1. The third kappa shape index (κ3) is 3.55. The summed E-state index contributed by atoms with van der Waals surface area (Å²) < 4.78 is 0. The summed E-state index contributed by atoms with van der Waals surface area (Å²) in [5, 5.41) is 12.9. The van der Waals surface area contributed by atoms with Gasteiger partial charge in [-0.25, -0.2) is 15.0 Å². The van der Waals surface area contributed by atoms with Crippen LogP contribution in [0.4, 0.5) is 0 Å². The van der Waals surface area contributed by atoms with Crippen LogP contribution in [0.3, 0.4) is 0 Å². The van der Waals surface area contributed by atoms with Crippen molar-refractivity contribution in [1.29, 1.82) is 5.26 Å². The van der Waals surface area contributed by atoms with Gasteiger partial charge in [0.05, 0.1) is 17.1 Å². The molecule has 0 aliphatic heterocycles. The van der Waals surface area contributed by atoms with Crippen LogP contribution in [0, 0.1) is 25.2 Å². The highest BCUT2D eigenvalue weighted by Crippen LogP contribution is 2.28. The normalized spacial score (nSPS) is 10.5. The molecule has 0 saturated heterocycles. The Bertz CT molecular complexity index is 868. The molecule has 3 heterocycles. The summed E-state index contributed by atoms with van der Waals surface area (Å²) in [5.74, 6) is 1.34. The van der Waals surface area contributed by atoms with Crippen LogP contribution in [0.2, 0.25) is 0 Å². The van der Waals surface area contributed by atoms with Gasteiger partial charge in [0.2, 0.25) is 0 Å². The second-order valence-electron chi connectivity index (χ2n) is 4.80. The summed E-state index contributed by atoms with van der Waals surface area (Å²) in [7, 11) is 0. The summed E-state index contributed by atoms with van der Waals surface area (Å²) in [6.07, 6.45) is 1.76. The summed E-state index contributed by atoms with van der Waals surface area (Å²) >= 11 is 3.08. The van der Waals surface area contributed by atoms with Crippen molar-refractivity contribution in [3.05, 3.63) is 52.6 Å². The molecule has 0 saturated carbocycles. The molecular formula is C16H13N5S2. The molecule has 0 aliphatic carbocycles. The quantitative estimate of drug-likeness (QED) is 0.532. The van der Waals surface area contributed by atoms with Crippen LogP contribution in [0.15, 0.2) is 34.8 Å². The van der Waals surface area contributed by atoms with E-state index in [-0.39, 0.29) is 0 Å². The average Bonchev–Trinajstić information content (AvgIpc) is 3.02. The maximum atomic E-state index is 9.27. The van der Waals surface area contributed by atoms with Crippen LogP contribution in [0.25, 0.3) is 10.7 Å². The second kappa shape index (κ2) is 6.86. The summed E-state index contributed by atoms with van der Waals surface area (Å²) in [6, 6.07) is 7.96. The van der Waals surface area contributed by atoms with Crippen LogP contribution < -0.4 is 0 Å². The summed E-state index contributed by atoms with van der Waals surface area (Å²) in [5.41, 5.74) is 3.09. The molecule has 3 rings (SSSR count). The Morgan fingerprint density at radius 2 is 2.09 bits per heavy atom. The lowest BCUT2D eigenvalue weighted by molar-refractivity contribution is 0.922. The van der Waals surface area contributed by atoms with E-state index in [4.69, 9.17) is 0 Å². The van der Waals surface area contributed by atoms with Crippen molar-refractivity contribution < 1.29 is 0 Å². The van der Waals surface area contributed by atoms with Crippen molar-refractivity contribution >= 4 is 23.1 Å². The minimum atomic E-state index is 0.542. The number of nitriles is 1. The lowest BCUT2D eigenvalue weighted by Gasteiger charge is -2.05. The number of hydrogen-bond donors (Lipinski definition) is 0. The molecule has 0 bridgehead atoms. The van der Waals surface area contributed by atoms with Gasteiger partial charge >= 0.3 is 0 Å². The molecule has 3 aromatic heterocycles. The lowest BCUT2D eigenvalue weighted by Crippen LogP contribution is -1.99. The Morgan fingerprint density at radius 3 is 2.83 bits per heavy atom. The molecule has 0 fully saturated rings. The Hall–Kier alpha value is -2.30. The zero-order valence-corrected chi connectivity index (χ0v) is 14.3. The minimum absolute atomic E-state index is 0.542. The predicted molar refractivity (Wildman–Crippen MR) is 91.1 cm³/mol. The molecule has 0 N–H and O–H groups in total. The summed E-state index contributed by atoms with van der Waals surface area (Å²) in [6.45, 7) is 3.67. The number of nitrogens with zero attached hydrogens (tertiary/aromatic N) is 5. The Labute approximate surface area is 142 Å². The van der Waals surface area contributed by atoms with E-state index in [1.165, 1.54) is 11.8 Å². The van der Waals surface area contributed by atoms with Gasteiger partial charge in [-0.1, -0.05) is 17.8 Å². The number of hydrogen-bond acceptors (Lipinski definition) is 7. The smallest absolute Gasteiger partial charge is 0.142 e. The largest absolute Gasteiger partial charge is 0.254 e. The topological polar surface area (TPSA) is 75.3 Å². The maximum absolute atomic E-state index is 9.27. The van der Waals surface area contributed by atoms with Crippen molar-refractivity contribution in [1.82, 2.24) is 19.9 Å². The van der Waals surface area contributed by atoms with Crippen molar-refractivity contribution in [3.63, 3.8) is 0 Å². The Balaban J connectivity index is 1.78. The molecule has 0 atom stereocenters. The van der Waals surface area contributed by atoms with Crippen LogP contribution >= 0.6 is 23.1 Å².